The molecule has 27 heavy (non-hydrogen) atoms. The van der Waals surface area contributed by atoms with Gasteiger partial charge in [0.15, 0.2) is 0 Å². The van der Waals surface area contributed by atoms with Gasteiger partial charge in [-0.15, -0.1) is 0 Å². The lowest BCUT2D eigenvalue weighted by Crippen LogP contribution is -2.41. The maximum atomic E-state index is 13.0. The third-order valence-electron chi connectivity index (χ3n) is 4.51. The number of anilines is 1. The number of aromatic nitrogens is 2. The van der Waals surface area contributed by atoms with Crippen LogP contribution in [-0.2, 0) is 26.1 Å². The highest BCUT2D eigenvalue weighted by Gasteiger charge is 2.32. The maximum Gasteiger partial charge on any atom is 0.246 e. The van der Waals surface area contributed by atoms with E-state index in [4.69, 9.17) is 4.74 Å². The van der Waals surface area contributed by atoms with Gasteiger partial charge in [-0.25, -0.2) is 8.42 Å². The Bertz CT molecular complexity index is 929. The number of rotatable bonds is 5. The summed E-state index contributed by atoms with van der Waals surface area (Å²) < 4.78 is 34.0. The fraction of sp³-hybridized carbons (Fsp3) is 0.444. The fourth-order valence-corrected chi connectivity index (χ4v) is 4.88. The Morgan fingerprint density at radius 3 is 2.41 bits per heavy atom. The largest absolute Gasteiger partial charge is 0.379 e. The quantitative estimate of drug-likeness (QED) is 0.832. The summed E-state index contributed by atoms with van der Waals surface area (Å²) in [6.45, 7) is 6.63. The highest BCUT2D eigenvalue weighted by atomic mass is 32.2. The number of nitrogens with zero attached hydrogens (tertiary/aromatic N) is 3. The second-order valence-electron chi connectivity index (χ2n) is 6.59. The molecule has 2 heterocycles. The molecule has 146 valence electrons. The van der Waals surface area contributed by atoms with E-state index >= 15 is 0 Å². The Balaban J connectivity index is 1.78. The highest BCUT2D eigenvalue weighted by molar-refractivity contribution is 7.89. The van der Waals surface area contributed by atoms with E-state index in [-0.39, 0.29) is 17.3 Å². The number of carbonyl (C=O) groups is 1. The molecule has 0 aliphatic carbocycles. The van der Waals surface area contributed by atoms with Crippen LogP contribution in [0.5, 0.6) is 0 Å². The Hall–Kier alpha value is -2.23. The van der Waals surface area contributed by atoms with Crippen LogP contribution >= 0.6 is 0 Å². The minimum atomic E-state index is -3.66. The molecule has 1 amide bonds. The SMILES string of the molecule is Cc1ccc(NC(=O)Cn2nc(C)c(S(=O)(=O)N3CCOCC3)c2C)cc1. The summed E-state index contributed by atoms with van der Waals surface area (Å²) in [6, 6.07) is 7.46. The van der Waals surface area contributed by atoms with Crippen molar-refractivity contribution >= 4 is 21.6 Å². The molecule has 8 nitrogen and oxygen atoms in total. The third-order valence-corrected chi connectivity index (χ3v) is 6.66. The van der Waals surface area contributed by atoms with Gasteiger partial charge < -0.3 is 10.1 Å². The zero-order chi connectivity index (χ0) is 19.6. The van der Waals surface area contributed by atoms with Crippen LogP contribution < -0.4 is 5.32 Å². The van der Waals surface area contributed by atoms with Crippen LogP contribution in [0, 0.1) is 20.8 Å². The highest BCUT2D eigenvalue weighted by Crippen LogP contribution is 2.24. The topological polar surface area (TPSA) is 93.5 Å². The summed E-state index contributed by atoms with van der Waals surface area (Å²) >= 11 is 0. The van der Waals surface area contributed by atoms with Crippen molar-refractivity contribution in [3.05, 3.63) is 41.2 Å². The number of benzene rings is 1. The zero-order valence-electron chi connectivity index (χ0n) is 15.7. The Morgan fingerprint density at radius 2 is 1.78 bits per heavy atom. The van der Waals surface area contributed by atoms with Crippen molar-refractivity contribution in [1.29, 1.82) is 0 Å². The van der Waals surface area contributed by atoms with E-state index in [0.717, 1.165) is 5.56 Å². The Kier molecular flexibility index (Phi) is 5.64. The predicted octanol–water partition coefficient (Wildman–Crippen LogP) is 1.47. The van der Waals surface area contributed by atoms with Crippen LogP contribution in [0.15, 0.2) is 29.2 Å². The van der Waals surface area contributed by atoms with Gasteiger partial charge in [0.05, 0.1) is 24.6 Å². The van der Waals surface area contributed by atoms with Crippen molar-refractivity contribution in [2.75, 3.05) is 31.6 Å². The van der Waals surface area contributed by atoms with Crippen LogP contribution in [0.4, 0.5) is 5.69 Å². The van der Waals surface area contributed by atoms with Crippen LogP contribution in [0.2, 0.25) is 0 Å². The van der Waals surface area contributed by atoms with Gasteiger partial charge in [0.1, 0.15) is 11.4 Å². The van der Waals surface area contributed by atoms with Crippen molar-refractivity contribution in [2.24, 2.45) is 0 Å². The molecule has 1 fully saturated rings. The van der Waals surface area contributed by atoms with E-state index in [1.807, 2.05) is 31.2 Å². The van der Waals surface area contributed by atoms with Gasteiger partial charge in [-0.05, 0) is 32.9 Å². The second-order valence-corrected chi connectivity index (χ2v) is 8.46. The van der Waals surface area contributed by atoms with E-state index < -0.39 is 10.0 Å². The summed E-state index contributed by atoms with van der Waals surface area (Å²) in [5.74, 6) is -0.264. The molecule has 1 N–H and O–H groups in total. The molecular formula is C18H24N4O4S. The molecule has 0 unspecified atom stereocenters. The number of aryl methyl sites for hydroxylation is 2. The summed E-state index contributed by atoms with van der Waals surface area (Å²) in [5, 5.41) is 7.09. The van der Waals surface area contributed by atoms with Gasteiger partial charge in [-0.2, -0.15) is 9.40 Å². The average Bonchev–Trinajstić information content (AvgIpc) is 2.91. The molecule has 1 aromatic heterocycles. The molecule has 1 aromatic carbocycles. The van der Waals surface area contributed by atoms with Gasteiger partial charge in [0.25, 0.3) is 0 Å². The van der Waals surface area contributed by atoms with Crippen LogP contribution in [0.1, 0.15) is 17.0 Å². The number of amides is 1. The van der Waals surface area contributed by atoms with Crippen molar-refractivity contribution in [3.8, 4) is 0 Å². The summed E-state index contributed by atoms with van der Waals surface area (Å²) in [7, 11) is -3.66. The first-order chi connectivity index (χ1) is 12.8. The molecule has 1 aliphatic heterocycles. The second kappa shape index (κ2) is 7.79. The summed E-state index contributed by atoms with van der Waals surface area (Å²) in [4.78, 5) is 12.5. The molecule has 0 bridgehead atoms. The number of hydrogen-bond acceptors (Lipinski definition) is 5. The van der Waals surface area contributed by atoms with Crippen LogP contribution in [-0.4, -0.2) is 54.7 Å². The van der Waals surface area contributed by atoms with Gasteiger partial charge >= 0.3 is 0 Å². The number of ether oxygens (including phenoxy) is 1. The first-order valence-electron chi connectivity index (χ1n) is 8.77. The minimum absolute atomic E-state index is 0.0564. The molecule has 1 saturated heterocycles. The smallest absolute Gasteiger partial charge is 0.246 e. The van der Waals surface area contributed by atoms with E-state index in [9.17, 15) is 13.2 Å². The predicted molar refractivity (Wildman–Crippen MR) is 101 cm³/mol. The van der Waals surface area contributed by atoms with Crippen LogP contribution in [0.3, 0.4) is 0 Å². The lowest BCUT2D eigenvalue weighted by Gasteiger charge is -2.26. The molecule has 0 atom stereocenters. The van der Waals surface area contributed by atoms with Gasteiger partial charge in [-0.1, -0.05) is 17.7 Å². The zero-order valence-corrected chi connectivity index (χ0v) is 16.5. The van der Waals surface area contributed by atoms with Gasteiger partial charge in [0.2, 0.25) is 15.9 Å². The number of hydrogen-bond donors (Lipinski definition) is 1. The number of sulfonamides is 1. The molecule has 0 radical (unpaired) electrons. The Labute approximate surface area is 159 Å². The number of carbonyl (C=O) groups excluding carboxylic acids is 1. The standard InChI is InChI=1S/C18H24N4O4S/c1-13-4-6-16(7-5-13)19-17(23)12-22-15(3)18(14(2)20-22)27(24,25)21-8-10-26-11-9-21/h4-7H,8-12H2,1-3H3,(H,19,23). The average molecular weight is 392 g/mol. The van der Waals surface area contributed by atoms with E-state index in [1.165, 1.54) is 8.99 Å². The van der Waals surface area contributed by atoms with Crippen molar-refractivity contribution in [3.63, 3.8) is 0 Å². The maximum absolute atomic E-state index is 13.0. The van der Waals surface area contributed by atoms with E-state index in [0.29, 0.717) is 43.4 Å². The molecule has 1 aliphatic rings. The van der Waals surface area contributed by atoms with Crippen molar-refractivity contribution < 1.29 is 17.9 Å². The monoisotopic (exact) mass is 392 g/mol. The molecule has 9 heteroatoms. The molecular weight excluding hydrogens is 368 g/mol. The molecule has 2 aromatic rings. The third kappa shape index (κ3) is 4.20. The normalized spacial score (nSPS) is 15.7. The molecule has 3 rings (SSSR count). The number of morpholine rings is 1. The molecule has 0 saturated carbocycles. The van der Waals surface area contributed by atoms with Crippen LogP contribution in [0.25, 0.3) is 0 Å². The Morgan fingerprint density at radius 1 is 1.15 bits per heavy atom. The van der Waals surface area contributed by atoms with Crippen molar-refractivity contribution in [1.82, 2.24) is 14.1 Å². The van der Waals surface area contributed by atoms with E-state index in [1.54, 1.807) is 13.8 Å². The van der Waals surface area contributed by atoms with E-state index in [2.05, 4.69) is 10.4 Å². The lowest BCUT2D eigenvalue weighted by molar-refractivity contribution is -0.116. The first kappa shape index (κ1) is 19.5. The van der Waals surface area contributed by atoms with Crippen molar-refractivity contribution in [2.45, 2.75) is 32.2 Å². The number of nitrogens with one attached hydrogen (secondary N) is 1. The summed E-state index contributed by atoms with van der Waals surface area (Å²) in [5.41, 5.74) is 2.64. The minimum Gasteiger partial charge on any atom is -0.379 e. The summed E-state index contributed by atoms with van der Waals surface area (Å²) in [6.07, 6.45) is 0. The molecule has 0 spiro atoms. The van der Waals surface area contributed by atoms with Gasteiger partial charge in [-0.3, -0.25) is 9.48 Å². The lowest BCUT2D eigenvalue weighted by atomic mass is 10.2. The van der Waals surface area contributed by atoms with Gasteiger partial charge in [0, 0.05) is 18.8 Å². The first-order valence-corrected chi connectivity index (χ1v) is 10.2. The fourth-order valence-electron chi connectivity index (χ4n) is 3.10.